The van der Waals surface area contributed by atoms with Gasteiger partial charge in [-0.15, -0.1) is 0 Å². The van der Waals surface area contributed by atoms with Crippen molar-refractivity contribution < 1.29 is 26.6 Å². The van der Waals surface area contributed by atoms with Crippen LogP contribution in [0.2, 0.25) is 12.6 Å². The lowest BCUT2D eigenvalue weighted by Gasteiger charge is -2.28. The molecule has 0 aliphatic heterocycles. The third-order valence-electron chi connectivity index (χ3n) is 2.89. The van der Waals surface area contributed by atoms with E-state index in [1.165, 1.54) is 0 Å². The van der Waals surface area contributed by atoms with Crippen LogP contribution in [0.3, 0.4) is 0 Å². The second-order valence-corrected chi connectivity index (χ2v) is 10.0. The highest BCUT2D eigenvalue weighted by atomic mass is 28.4. The third kappa shape index (κ3) is 10.8. The molecule has 0 aromatic heterocycles. The van der Waals surface area contributed by atoms with E-state index in [1.807, 2.05) is 27.3 Å². The standard InChI is InChI=1S/C9H23NO3Si.C4H12O3Si/c1-4-11-14(12-5-2,13-6-3)9-7-8-10;1-5-8(4,6-2)7-3/h4-10H2,1-3H3;1-4H3. The van der Waals surface area contributed by atoms with E-state index in [0.29, 0.717) is 26.4 Å². The van der Waals surface area contributed by atoms with Gasteiger partial charge in [-0.1, -0.05) is 0 Å². The van der Waals surface area contributed by atoms with Gasteiger partial charge in [-0.2, -0.15) is 0 Å². The van der Waals surface area contributed by atoms with Gasteiger partial charge in [0, 0.05) is 53.7 Å². The van der Waals surface area contributed by atoms with Crippen LogP contribution in [0.15, 0.2) is 0 Å². The van der Waals surface area contributed by atoms with Crippen molar-refractivity contribution in [2.75, 3.05) is 47.7 Å². The molecule has 0 aromatic carbocycles. The van der Waals surface area contributed by atoms with Gasteiger partial charge in [-0.05, 0) is 33.7 Å². The summed E-state index contributed by atoms with van der Waals surface area (Å²) in [7, 11) is 0.180. The van der Waals surface area contributed by atoms with Gasteiger partial charge in [-0.3, -0.25) is 0 Å². The number of nitrogens with two attached hydrogens (primary N) is 1. The summed E-state index contributed by atoms with van der Waals surface area (Å²) in [5.41, 5.74) is 5.48. The zero-order valence-corrected chi connectivity index (χ0v) is 17.3. The second kappa shape index (κ2) is 14.7. The first-order valence-electron chi connectivity index (χ1n) is 7.70. The molecule has 22 heavy (non-hydrogen) atoms. The van der Waals surface area contributed by atoms with E-state index < -0.39 is 17.6 Å². The molecule has 9 heteroatoms. The Hall–Kier alpha value is 0.154. The molecule has 0 unspecified atom stereocenters. The normalized spacial score (nSPS) is 12.0. The van der Waals surface area contributed by atoms with Crippen molar-refractivity contribution in [1.29, 1.82) is 0 Å². The van der Waals surface area contributed by atoms with Crippen molar-refractivity contribution in [3.05, 3.63) is 0 Å². The molecule has 0 fully saturated rings. The van der Waals surface area contributed by atoms with E-state index in [0.717, 1.165) is 12.5 Å². The summed E-state index contributed by atoms with van der Waals surface area (Å²) in [5.74, 6) is 0. The molecular weight excluding hydrogens is 322 g/mol. The summed E-state index contributed by atoms with van der Waals surface area (Å²) in [6, 6.07) is 0.818. The Kier molecular flexibility index (Phi) is 16.3. The largest absolute Gasteiger partial charge is 0.500 e. The Labute approximate surface area is 138 Å². The minimum Gasteiger partial charge on any atom is -0.377 e. The lowest BCUT2D eigenvalue weighted by atomic mass is 10.5. The van der Waals surface area contributed by atoms with Gasteiger partial charge in [-0.25, -0.2) is 0 Å². The van der Waals surface area contributed by atoms with Crippen LogP contribution in [0.5, 0.6) is 0 Å². The van der Waals surface area contributed by atoms with Gasteiger partial charge >= 0.3 is 17.6 Å². The zero-order valence-electron chi connectivity index (χ0n) is 15.3. The highest BCUT2D eigenvalue weighted by Crippen LogP contribution is 2.17. The van der Waals surface area contributed by atoms with Crippen LogP contribution in [0.25, 0.3) is 0 Å². The van der Waals surface area contributed by atoms with E-state index in [1.54, 1.807) is 21.3 Å². The van der Waals surface area contributed by atoms with Crippen LogP contribution in [-0.2, 0) is 26.6 Å². The highest BCUT2D eigenvalue weighted by Gasteiger charge is 2.39. The molecular formula is C13H35NO6Si2. The molecule has 7 nitrogen and oxygen atoms in total. The monoisotopic (exact) mass is 357 g/mol. The Morgan fingerprint density at radius 2 is 1.14 bits per heavy atom. The summed E-state index contributed by atoms with van der Waals surface area (Å²) in [6.07, 6.45) is 0.895. The molecule has 0 aromatic rings. The van der Waals surface area contributed by atoms with Gasteiger partial charge in [0.1, 0.15) is 0 Å². The van der Waals surface area contributed by atoms with Crippen molar-refractivity contribution in [1.82, 2.24) is 0 Å². The minimum atomic E-state index is -2.40. The molecule has 0 radical (unpaired) electrons. The fraction of sp³-hybridized carbons (Fsp3) is 1.00. The van der Waals surface area contributed by atoms with Crippen molar-refractivity contribution >= 4 is 17.6 Å². The molecule has 0 saturated carbocycles. The molecule has 0 aliphatic rings. The van der Waals surface area contributed by atoms with Crippen molar-refractivity contribution in [3.63, 3.8) is 0 Å². The predicted molar refractivity (Wildman–Crippen MR) is 91.8 cm³/mol. The van der Waals surface area contributed by atoms with Crippen LogP contribution in [0, 0.1) is 0 Å². The number of rotatable bonds is 12. The molecule has 0 amide bonds. The smallest absolute Gasteiger partial charge is 0.377 e. The average molecular weight is 358 g/mol. The van der Waals surface area contributed by atoms with Crippen LogP contribution in [-0.4, -0.2) is 65.3 Å². The summed E-state index contributed by atoms with van der Waals surface area (Å²) >= 11 is 0. The van der Waals surface area contributed by atoms with Crippen molar-refractivity contribution in [2.24, 2.45) is 5.73 Å². The summed E-state index contributed by atoms with van der Waals surface area (Å²) < 4.78 is 31.7. The number of hydrogen-bond donors (Lipinski definition) is 1. The molecule has 2 N–H and O–H groups in total. The molecule has 0 aliphatic carbocycles. The van der Waals surface area contributed by atoms with E-state index in [-0.39, 0.29) is 0 Å². The summed E-state index contributed by atoms with van der Waals surface area (Å²) in [4.78, 5) is 0. The van der Waals surface area contributed by atoms with Crippen LogP contribution in [0.4, 0.5) is 0 Å². The lowest BCUT2D eigenvalue weighted by molar-refractivity contribution is 0.0710. The van der Waals surface area contributed by atoms with Gasteiger partial charge in [0.2, 0.25) is 0 Å². The minimum absolute atomic E-state index is 0.636. The van der Waals surface area contributed by atoms with Gasteiger partial charge in [0.15, 0.2) is 0 Å². The Balaban J connectivity index is 0. The molecule has 0 heterocycles. The highest BCUT2D eigenvalue weighted by molar-refractivity contribution is 6.60. The topological polar surface area (TPSA) is 81.4 Å². The molecule has 0 rings (SSSR count). The molecule has 136 valence electrons. The average Bonchev–Trinajstić information content (AvgIpc) is 2.53. The van der Waals surface area contributed by atoms with Crippen molar-refractivity contribution in [3.8, 4) is 0 Å². The maximum Gasteiger partial charge on any atom is 0.500 e. The van der Waals surface area contributed by atoms with Gasteiger partial charge in [0.05, 0.1) is 0 Å². The Bertz CT molecular complexity index is 219. The van der Waals surface area contributed by atoms with Gasteiger partial charge < -0.3 is 32.3 Å². The van der Waals surface area contributed by atoms with Crippen LogP contribution < -0.4 is 5.73 Å². The quantitative estimate of drug-likeness (QED) is 0.534. The predicted octanol–water partition coefficient (Wildman–Crippen LogP) is 1.88. The fourth-order valence-electron chi connectivity index (χ4n) is 1.57. The Morgan fingerprint density at radius 1 is 0.773 bits per heavy atom. The first kappa shape index (κ1) is 24.4. The van der Waals surface area contributed by atoms with Gasteiger partial charge in [0.25, 0.3) is 0 Å². The third-order valence-corrected chi connectivity index (χ3v) is 8.27. The maximum absolute atomic E-state index is 5.65. The van der Waals surface area contributed by atoms with Crippen molar-refractivity contribution in [2.45, 2.75) is 39.8 Å². The lowest BCUT2D eigenvalue weighted by Crippen LogP contribution is -2.46. The first-order chi connectivity index (χ1) is 10.4. The molecule has 0 atom stereocenters. The Morgan fingerprint density at radius 3 is 1.32 bits per heavy atom. The van der Waals surface area contributed by atoms with E-state index in [4.69, 9.17) is 32.3 Å². The SMILES string of the molecule is CCO[Si](CCCN)(OCC)OCC.CO[Si](C)(OC)OC. The van der Waals surface area contributed by atoms with E-state index >= 15 is 0 Å². The van der Waals surface area contributed by atoms with Crippen LogP contribution >= 0.6 is 0 Å². The zero-order chi connectivity index (χ0) is 17.5. The second-order valence-electron chi connectivity index (χ2n) is 4.35. The maximum atomic E-state index is 5.65. The molecule has 0 bridgehead atoms. The molecule has 0 spiro atoms. The number of hydrogen-bond acceptors (Lipinski definition) is 7. The fourth-order valence-corrected chi connectivity index (χ4v) is 4.71. The first-order valence-corrected chi connectivity index (χ1v) is 11.9. The van der Waals surface area contributed by atoms with Crippen LogP contribution in [0.1, 0.15) is 27.2 Å². The van der Waals surface area contributed by atoms with E-state index in [2.05, 4.69) is 0 Å². The summed E-state index contributed by atoms with van der Waals surface area (Å²) in [6.45, 7) is 10.3. The summed E-state index contributed by atoms with van der Waals surface area (Å²) in [5, 5.41) is 0. The molecule has 0 saturated heterocycles. The van der Waals surface area contributed by atoms with E-state index in [9.17, 15) is 0 Å².